The summed E-state index contributed by atoms with van der Waals surface area (Å²) in [5.41, 5.74) is 0.357. The normalized spacial score (nSPS) is 30.9. The summed E-state index contributed by atoms with van der Waals surface area (Å²) < 4.78 is 6.16. The molecule has 1 saturated carbocycles. The molecule has 1 N–H and O–H groups in total. The van der Waals surface area contributed by atoms with Crippen LogP contribution in [0.4, 0.5) is 0 Å². The molecule has 0 bridgehead atoms. The highest BCUT2D eigenvalue weighted by Gasteiger charge is 2.40. The van der Waals surface area contributed by atoms with E-state index in [0.717, 1.165) is 13.0 Å². The second-order valence-corrected chi connectivity index (χ2v) is 6.96. The highest BCUT2D eigenvalue weighted by atomic mass is 16.5. The number of ether oxygens (including phenoxy) is 1. The minimum atomic E-state index is 0.0105. The zero-order chi connectivity index (χ0) is 12.4. The molecule has 2 rings (SSSR count). The maximum absolute atomic E-state index is 6.16. The molecule has 1 aliphatic carbocycles. The predicted octanol–water partition coefficient (Wildman–Crippen LogP) is 3.85. The van der Waals surface area contributed by atoms with E-state index in [-0.39, 0.29) is 5.72 Å². The lowest BCUT2D eigenvalue weighted by molar-refractivity contribution is -0.136. The zero-order valence-electron chi connectivity index (χ0n) is 11.8. The first-order valence-corrected chi connectivity index (χ1v) is 7.44. The van der Waals surface area contributed by atoms with Gasteiger partial charge >= 0.3 is 0 Å². The Hall–Kier alpha value is -0.0800. The predicted molar refractivity (Wildman–Crippen MR) is 72.0 cm³/mol. The van der Waals surface area contributed by atoms with E-state index in [2.05, 4.69) is 26.1 Å². The number of nitrogens with one attached hydrogen (secondary N) is 1. The van der Waals surface area contributed by atoms with E-state index < -0.39 is 0 Å². The highest BCUT2D eigenvalue weighted by Crippen LogP contribution is 2.34. The van der Waals surface area contributed by atoms with Gasteiger partial charge in [-0.1, -0.05) is 40.0 Å². The smallest absolute Gasteiger partial charge is 0.119 e. The third kappa shape index (κ3) is 3.45. The van der Waals surface area contributed by atoms with Crippen molar-refractivity contribution in [1.82, 2.24) is 5.32 Å². The molecule has 2 fully saturated rings. The SMILES string of the molecule is CC(C)(C)C1CCOC2(CCCCCCC2)N1. The summed E-state index contributed by atoms with van der Waals surface area (Å²) in [5.74, 6) is 0. The van der Waals surface area contributed by atoms with Crippen molar-refractivity contribution in [2.24, 2.45) is 5.41 Å². The Labute approximate surface area is 107 Å². The van der Waals surface area contributed by atoms with Crippen LogP contribution in [0.5, 0.6) is 0 Å². The lowest BCUT2D eigenvalue weighted by atomic mass is 9.81. The first-order valence-electron chi connectivity index (χ1n) is 7.44. The second-order valence-electron chi connectivity index (χ2n) is 6.96. The molecule has 2 aliphatic rings. The average Bonchev–Trinajstić information content (AvgIpc) is 2.24. The number of hydrogen-bond acceptors (Lipinski definition) is 2. The number of hydrogen-bond donors (Lipinski definition) is 1. The third-order valence-electron chi connectivity index (χ3n) is 4.43. The van der Waals surface area contributed by atoms with Crippen molar-refractivity contribution in [3.05, 3.63) is 0 Å². The van der Waals surface area contributed by atoms with E-state index in [4.69, 9.17) is 4.74 Å². The van der Waals surface area contributed by atoms with Gasteiger partial charge in [0.1, 0.15) is 5.72 Å². The van der Waals surface area contributed by atoms with Crippen LogP contribution in [0.2, 0.25) is 0 Å². The maximum atomic E-state index is 6.16. The summed E-state index contributed by atoms with van der Waals surface area (Å²) in [7, 11) is 0. The van der Waals surface area contributed by atoms with Gasteiger partial charge in [-0.2, -0.15) is 0 Å². The minimum absolute atomic E-state index is 0.0105. The fourth-order valence-corrected chi connectivity index (χ4v) is 3.22. The molecule has 100 valence electrons. The van der Waals surface area contributed by atoms with Gasteiger partial charge in [-0.3, -0.25) is 5.32 Å². The Bertz CT molecular complexity index is 236. The molecular weight excluding hydrogens is 210 g/mol. The summed E-state index contributed by atoms with van der Waals surface area (Å²) in [6.07, 6.45) is 10.4. The van der Waals surface area contributed by atoms with Crippen LogP contribution in [0.25, 0.3) is 0 Å². The Morgan fingerprint density at radius 2 is 1.59 bits per heavy atom. The van der Waals surface area contributed by atoms with Gasteiger partial charge in [-0.05, 0) is 37.5 Å². The van der Waals surface area contributed by atoms with Crippen LogP contribution in [0.15, 0.2) is 0 Å². The molecule has 0 radical (unpaired) electrons. The fourth-order valence-electron chi connectivity index (χ4n) is 3.22. The largest absolute Gasteiger partial charge is 0.361 e. The van der Waals surface area contributed by atoms with Crippen molar-refractivity contribution in [1.29, 1.82) is 0 Å². The molecule has 1 heterocycles. The Morgan fingerprint density at radius 1 is 1.00 bits per heavy atom. The lowest BCUT2D eigenvalue weighted by Crippen LogP contribution is -2.60. The van der Waals surface area contributed by atoms with Crippen molar-refractivity contribution in [2.75, 3.05) is 6.61 Å². The molecule has 1 atom stereocenters. The molecule has 0 aromatic heterocycles. The monoisotopic (exact) mass is 239 g/mol. The topological polar surface area (TPSA) is 21.3 Å². The highest BCUT2D eigenvalue weighted by molar-refractivity contribution is 4.92. The van der Waals surface area contributed by atoms with Crippen LogP contribution >= 0.6 is 0 Å². The van der Waals surface area contributed by atoms with Crippen LogP contribution in [0.3, 0.4) is 0 Å². The average molecular weight is 239 g/mol. The van der Waals surface area contributed by atoms with E-state index in [9.17, 15) is 0 Å². The molecule has 2 heteroatoms. The Morgan fingerprint density at radius 3 is 2.18 bits per heavy atom. The van der Waals surface area contributed by atoms with Crippen LogP contribution in [-0.4, -0.2) is 18.4 Å². The number of rotatable bonds is 0. The fraction of sp³-hybridized carbons (Fsp3) is 1.00. The molecule has 17 heavy (non-hydrogen) atoms. The van der Waals surface area contributed by atoms with E-state index in [1.807, 2.05) is 0 Å². The van der Waals surface area contributed by atoms with Crippen LogP contribution in [0.1, 0.15) is 72.1 Å². The molecule has 0 amide bonds. The summed E-state index contributed by atoms with van der Waals surface area (Å²) in [5, 5.41) is 3.85. The summed E-state index contributed by atoms with van der Waals surface area (Å²) in [4.78, 5) is 0. The maximum Gasteiger partial charge on any atom is 0.119 e. The van der Waals surface area contributed by atoms with Crippen LogP contribution in [0, 0.1) is 5.41 Å². The van der Waals surface area contributed by atoms with E-state index >= 15 is 0 Å². The van der Waals surface area contributed by atoms with Gasteiger partial charge in [-0.25, -0.2) is 0 Å². The molecule has 0 aromatic rings. The first kappa shape index (κ1) is 13.4. The molecular formula is C15H29NO. The molecule has 1 spiro atoms. The second kappa shape index (κ2) is 5.27. The zero-order valence-corrected chi connectivity index (χ0v) is 11.8. The van der Waals surface area contributed by atoms with Gasteiger partial charge < -0.3 is 4.74 Å². The standard InChI is InChI=1S/C15H29NO/c1-14(2,3)13-9-12-17-15(16-13)10-7-5-4-6-8-11-15/h13,16H,4-12H2,1-3H3. The van der Waals surface area contributed by atoms with Gasteiger partial charge in [0.25, 0.3) is 0 Å². The van der Waals surface area contributed by atoms with Crippen molar-refractivity contribution in [2.45, 2.75) is 83.9 Å². The molecule has 1 aliphatic heterocycles. The molecule has 0 aromatic carbocycles. The molecule has 2 nitrogen and oxygen atoms in total. The van der Waals surface area contributed by atoms with Crippen molar-refractivity contribution >= 4 is 0 Å². The van der Waals surface area contributed by atoms with Crippen molar-refractivity contribution in [3.63, 3.8) is 0 Å². The quantitative estimate of drug-likeness (QED) is 0.693. The Balaban J connectivity index is 2.02. The summed E-state index contributed by atoms with van der Waals surface area (Å²) in [6.45, 7) is 7.96. The molecule has 1 unspecified atom stereocenters. The van der Waals surface area contributed by atoms with Crippen LogP contribution < -0.4 is 5.32 Å². The van der Waals surface area contributed by atoms with Gasteiger partial charge in [0.2, 0.25) is 0 Å². The van der Waals surface area contributed by atoms with E-state index in [1.165, 1.54) is 44.9 Å². The summed E-state index contributed by atoms with van der Waals surface area (Å²) >= 11 is 0. The Kier molecular flexibility index (Phi) is 4.14. The van der Waals surface area contributed by atoms with E-state index in [1.54, 1.807) is 0 Å². The third-order valence-corrected chi connectivity index (χ3v) is 4.43. The van der Waals surface area contributed by atoms with Gasteiger partial charge in [0.15, 0.2) is 0 Å². The lowest BCUT2D eigenvalue weighted by Gasteiger charge is -2.47. The summed E-state index contributed by atoms with van der Waals surface area (Å²) in [6, 6.07) is 0.607. The molecule has 1 saturated heterocycles. The van der Waals surface area contributed by atoms with Crippen molar-refractivity contribution < 1.29 is 4.74 Å². The van der Waals surface area contributed by atoms with Crippen molar-refractivity contribution in [3.8, 4) is 0 Å². The van der Waals surface area contributed by atoms with Crippen LogP contribution in [-0.2, 0) is 4.74 Å². The van der Waals surface area contributed by atoms with Gasteiger partial charge in [-0.15, -0.1) is 0 Å². The minimum Gasteiger partial charge on any atom is -0.361 e. The van der Waals surface area contributed by atoms with Gasteiger partial charge in [0.05, 0.1) is 6.61 Å². The van der Waals surface area contributed by atoms with Gasteiger partial charge in [0, 0.05) is 6.04 Å². The first-order chi connectivity index (χ1) is 8.02. The van der Waals surface area contributed by atoms with E-state index in [0.29, 0.717) is 11.5 Å².